The van der Waals surface area contributed by atoms with Crippen LogP contribution in [0, 0.1) is 0 Å². The van der Waals surface area contributed by atoms with Gasteiger partial charge in [-0.25, -0.2) is 4.79 Å². The van der Waals surface area contributed by atoms with Crippen molar-refractivity contribution in [3.05, 3.63) is 60.2 Å². The number of rotatable bonds is 8. The van der Waals surface area contributed by atoms with E-state index in [1.807, 2.05) is 30.3 Å². The van der Waals surface area contributed by atoms with Gasteiger partial charge in [-0.3, -0.25) is 14.5 Å². The Balaban J connectivity index is 1.54. The molecule has 0 saturated carbocycles. The van der Waals surface area contributed by atoms with Gasteiger partial charge in [0.05, 0.1) is 7.11 Å². The molecule has 1 aliphatic heterocycles. The van der Waals surface area contributed by atoms with E-state index in [1.165, 1.54) is 0 Å². The fourth-order valence-electron chi connectivity index (χ4n) is 3.04. The fraction of sp³-hybridized carbons (Fsp3) is 0.286. The lowest BCUT2D eigenvalue weighted by molar-refractivity contribution is -0.134. The second kappa shape index (κ2) is 9.00. The summed E-state index contributed by atoms with van der Waals surface area (Å²) in [7, 11) is 1.55. The van der Waals surface area contributed by atoms with Gasteiger partial charge in [-0.05, 0) is 36.8 Å². The molecule has 0 radical (unpaired) electrons. The number of carbonyl (C=O) groups excluding carboxylic acids is 3. The van der Waals surface area contributed by atoms with E-state index in [2.05, 4.69) is 10.6 Å². The molecule has 2 aromatic carbocycles. The van der Waals surface area contributed by atoms with Crippen molar-refractivity contribution in [2.24, 2.45) is 0 Å². The highest BCUT2D eigenvalue weighted by molar-refractivity contribution is 7.99. The van der Waals surface area contributed by atoms with Crippen molar-refractivity contribution >= 4 is 29.6 Å². The minimum absolute atomic E-state index is 0.313. The Bertz CT molecular complexity index is 889. The summed E-state index contributed by atoms with van der Waals surface area (Å²) in [6.07, 6.45) is 0. The number of methoxy groups -OCH3 is 1. The van der Waals surface area contributed by atoms with Crippen molar-refractivity contribution < 1.29 is 19.1 Å². The third-order valence-corrected chi connectivity index (χ3v) is 5.69. The average molecular weight is 413 g/mol. The molecule has 0 bridgehead atoms. The zero-order valence-corrected chi connectivity index (χ0v) is 17.1. The second-order valence-corrected chi connectivity index (χ2v) is 7.85. The number of amides is 4. The lowest BCUT2D eigenvalue weighted by Gasteiger charge is -2.22. The Kier molecular flexibility index (Phi) is 6.43. The van der Waals surface area contributed by atoms with E-state index in [-0.39, 0.29) is 12.5 Å². The Morgan fingerprint density at radius 2 is 1.83 bits per heavy atom. The van der Waals surface area contributed by atoms with Gasteiger partial charge in [-0.1, -0.05) is 30.3 Å². The number of thioether (sulfide) groups is 1. The van der Waals surface area contributed by atoms with Gasteiger partial charge < -0.3 is 15.4 Å². The number of ether oxygens (including phenoxy) is 1. The lowest BCUT2D eigenvalue weighted by atomic mass is 9.92. The third kappa shape index (κ3) is 4.71. The van der Waals surface area contributed by atoms with Crippen LogP contribution in [-0.4, -0.2) is 48.7 Å². The van der Waals surface area contributed by atoms with Crippen molar-refractivity contribution in [1.29, 1.82) is 0 Å². The van der Waals surface area contributed by atoms with Crippen LogP contribution < -0.4 is 15.4 Å². The van der Waals surface area contributed by atoms with E-state index in [4.69, 9.17) is 4.74 Å². The molecule has 1 saturated heterocycles. The van der Waals surface area contributed by atoms with E-state index < -0.39 is 17.5 Å². The second-order valence-electron chi connectivity index (χ2n) is 6.69. The van der Waals surface area contributed by atoms with Crippen LogP contribution in [-0.2, 0) is 15.1 Å². The molecule has 8 heteroatoms. The number of imide groups is 1. The molecule has 152 valence electrons. The molecule has 7 nitrogen and oxygen atoms in total. The normalized spacial score (nSPS) is 18.5. The molecule has 0 aliphatic carbocycles. The van der Waals surface area contributed by atoms with Crippen LogP contribution in [0.3, 0.4) is 0 Å². The summed E-state index contributed by atoms with van der Waals surface area (Å²) < 4.78 is 5.12. The van der Waals surface area contributed by atoms with Crippen molar-refractivity contribution in [3.63, 3.8) is 0 Å². The van der Waals surface area contributed by atoms with Crippen LogP contribution in [0.4, 0.5) is 4.79 Å². The average Bonchev–Trinajstić information content (AvgIpc) is 2.96. The van der Waals surface area contributed by atoms with Gasteiger partial charge in [0, 0.05) is 17.2 Å². The van der Waals surface area contributed by atoms with Gasteiger partial charge in [-0.15, -0.1) is 11.8 Å². The third-order valence-electron chi connectivity index (χ3n) is 4.68. The monoisotopic (exact) mass is 413 g/mol. The summed E-state index contributed by atoms with van der Waals surface area (Å²) in [6.45, 7) is 1.76. The highest BCUT2D eigenvalue weighted by Gasteiger charge is 2.49. The number of hydrogen-bond donors (Lipinski definition) is 2. The van der Waals surface area contributed by atoms with Gasteiger partial charge in [0.1, 0.15) is 17.8 Å². The smallest absolute Gasteiger partial charge is 0.325 e. The van der Waals surface area contributed by atoms with Crippen LogP contribution in [0.5, 0.6) is 5.75 Å². The van der Waals surface area contributed by atoms with E-state index in [1.54, 1.807) is 50.1 Å². The molecular formula is C21H23N3O4S. The summed E-state index contributed by atoms with van der Waals surface area (Å²) >= 11 is 1.62. The first-order valence-corrected chi connectivity index (χ1v) is 10.2. The summed E-state index contributed by atoms with van der Waals surface area (Å²) in [6, 6.07) is 16.2. The Hall–Kier alpha value is -3.00. The van der Waals surface area contributed by atoms with E-state index in [9.17, 15) is 14.4 Å². The molecule has 2 aromatic rings. The highest BCUT2D eigenvalue weighted by atomic mass is 32.2. The SMILES string of the molecule is COc1ccc([C@]2(C)NC(=O)N(CC(=O)NCCSc3ccccc3)C2=O)cc1. The topological polar surface area (TPSA) is 87.7 Å². The quantitative estimate of drug-likeness (QED) is 0.394. The number of nitrogens with one attached hydrogen (secondary N) is 2. The van der Waals surface area contributed by atoms with E-state index in [0.717, 1.165) is 9.80 Å². The molecule has 2 N–H and O–H groups in total. The number of nitrogens with zero attached hydrogens (tertiary/aromatic N) is 1. The van der Waals surface area contributed by atoms with Crippen molar-refractivity contribution in [1.82, 2.24) is 15.5 Å². The maximum atomic E-state index is 12.9. The molecule has 1 atom stereocenters. The van der Waals surface area contributed by atoms with Crippen LogP contribution in [0.2, 0.25) is 0 Å². The van der Waals surface area contributed by atoms with E-state index >= 15 is 0 Å². The Morgan fingerprint density at radius 3 is 2.48 bits per heavy atom. The maximum absolute atomic E-state index is 12.9. The molecule has 3 rings (SSSR count). The first-order chi connectivity index (χ1) is 13.9. The van der Waals surface area contributed by atoms with Crippen LogP contribution in [0.15, 0.2) is 59.5 Å². The van der Waals surface area contributed by atoms with Crippen molar-refractivity contribution in [2.75, 3.05) is 26.0 Å². The predicted molar refractivity (Wildman–Crippen MR) is 111 cm³/mol. The van der Waals surface area contributed by atoms with Crippen molar-refractivity contribution in [2.45, 2.75) is 17.4 Å². The molecule has 29 heavy (non-hydrogen) atoms. The molecule has 0 spiro atoms. The first kappa shape index (κ1) is 20.7. The highest BCUT2D eigenvalue weighted by Crippen LogP contribution is 2.29. The number of urea groups is 1. The number of carbonyl (C=O) groups is 3. The summed E-state index contributed by atoms with van der Waals surface area (Å²) in [5, 5.41) is 5.44. The number of benzene rings is 2. The fourth-order valence-corrected chi connectivity index (χ4v) is 3.83. The van der Waals surface area contributed by atoms with Gasteiger partial charge in [0.25, 0.3) is 5.91 Å². The largest absolute Gasteiger partial charge is 0.497 e. The van der Waals surface area contributed by atoms with Crippen LogP contribution in [0.25, 0.3) is 0 Å². The van der Waals surface area contributed by atoms with Gasteiger partial charge in [0.2, 0.25) is 5.91 Å². The summed E-state index contributed by atoms with van der Waals surface area (Å²) in [5.74, 6) is 0.515. The Morgan fingerprint density at radius 1 is 1.14 bits per heavy atom. The minimum Gasteiger partial charge on any atom is -0.497 e. The molecule has 1 heterocycles. The van der Waals surface area contributed by atoms with E-state index in [0.29, 0.717) is 23.6 Å². The minimum atomic E-state index is -1.22. The predicted octanol–water partition coefficient (Wildman–Crippen LogP) is 2.37. The molecular weight excluding hydrogens is 390 g/mol. The van der Waals surface area contributed by atoms with Gasteiger partial charge in [0.15, 0.2) is 0 Å². The van der Waals surface area contributed by atoms with Crippen molar-refractivity contribution in [3.8, 4) is 5.75 Å². The molecule has 4 amide bonds. The lowest BCUT2D eigenvalue weighted by Crippen LogP contribution is -2.43. The van der Waals surface area contributed by atoms with Gasteiger partial charge >= 0.3 is 6.03 Å². The molecule has 1 aliphatic rings. The maximum Gasteiger partial charge on any atom is 0.325 e. The zero-order valence-electron chi connectivity index (χ0n) is 16.3. The summed E-state index contributed by atoms with van der Waals surface area (Å²) in [5.41, 5.74) is -0.592. The Labute approximate surface area is 173 Å². The van der Waals surface area contributed by atoms with Gasteiger partial charge in [-0.2, -0.15) is 0 Å². The first-order valence-electron chi connectivity index (χ1n) is 9.17. The molecule has 1 fully saturated rings. The van der Waals surface area contributed by atoms with Crippen LogP contribution in [0.1, 0.15) is 12.5 Å². The summed E-state index contributed by atoms with van der Waals surface area (Å²) in [4.78, 5) is 39.5. The zero-order chi connectivity index (χ0) is 20.9. The standard InChI is InChI=1S/C21H23N3O4S/c1-21(15-8-10-16(28-2)11-9-15)19(26)24(20(27)23-21)14-18(25)22-12-13-29-17-6-4-3-5-7-17/h3-11H,12-14H2,1-2H3,(H,22,25)(H,23,27)/t21-/m0/s1. The number of hydrogen-bond acceptors (Lipinski definition) is 5. The molecule has 0 unspecified atom stereocenters. The van der Waals surface area contributed by atoms with Crippen LogP contribution >= 0.6 is 11.8 Å². The molecule has 0 aromatic heterocycles.